The Balaban J connectivity index is 1.90. The van der Waals surface area contributed by atoms with Gasteiger partial charge in [0.2, 0.25) is 5.91 Å². The molecule has 3 rings (SSSR count). The average Bonchev–Trinajstić information content (AvgIpc) is 2.71. The van der Waals surface area contributed by atoms with Gasteiger partial charge in [-0.1, -0.05) is 18.2 Å². The summed E-state index contributed by atoms with van der Waals surface area (Å²) in [6.45, 7) is 0.536. The maximum absolute atomic E-state index is 11.2. The summed E-state index contributed by atoms with van der Waals surface area (Å²) in [6.07, 6.45) is 8.55. The van der Waals surface area contributed by atoms with E-state index in [1.54, 1.807) is 6.08 Å². The number of amides is 1. The van der Waals surface area contributed by atoms with E-state index in [4.69, 9.17) is 10.5 Å². The van der Waals surface area contributed by atoms with Gasteiger partial charge in [-0.2, -0.15) is 0 Å². The lowest BCUT2D eigenvalue weighted by molar-refractivity contribution is -0.117. The van der Waals surface area contributed by atoms with Gasteiger partial charge >= 0.3 is 0 Å². The van der Waals surface area contributed by atoms with Crippen molar-refractivity contribution in [1.82, 2.24) is 5.32 Å². The molecule has 3 atom stereocenters. The highest BCUT2D eigenvalue weighted by Crippen LogP contribution is 2.37. The Labute approximate surface area is 93.8 Å². The molecular weight excluding hydrogens is 204 g/mol. The molecule has 3 aliphatic rings. The molecule has 2 aliphatic heterocycles. The SMILES string of the molecule is NCC1CC2=C(O1)C1C=CC(=O)NC1C=C2. The van der Waals surface area contributed by atoms with Crippen LogP contribution in [0.3, 0.4) is 0 Å². The summed E-state index contributed by atoms with van der Waals surface area (Å²) in [7, 11) is 0. The van der Waals surface area contributed by atoms with Crippen LogP contribution in [0.5, 0.6) is 0 Å². The van der Waals surface area contributed by atoms with Crippen molar-refractivity contribution in [3.8, 4) is 0 Å². The summed E-state index contributed by atoms with van der Waals surface area (Å²) < 4.78 is 5.82. The van der Waals surface area contributed by atoms with Crippen molar-refractivity contribution < 1.29 is 9.53 Å². The first-order valence-corrected chi connectivity index (χ1v) is 5.54. The van der Waals surface area contributed by atoms with Gasteiger partial charge in [-0.25, -0.2) is 0 Å². The fourth-order valence-electron chi connectivity index (χ4n) is 2.47. The fraction of sp³-hybridized carbons (Fsp3) is 0.417. The van der Waals surface area contributed by atoms with Crippen LogP contribution >= 0.6 is 0 Å². The largest absolute Gasteiger partial charge is 0.492 e. The highest BCUT2D eigenvalue weighted by atomic mass is 16.5. The molecule has 3 unspecified atom stereocenters. The highest BCUT2D eigenvalue weighted by molar-refractivity contribution is 5.89. The third kappa shape index (κ3) is 1.38. The molecular formula is C12H14N2O2. The number of hydrogen-bond donors (Lipinski definition) is 2. The van der Waals surface area contributed by atoms with E-state index in [-0.39, 0.29) is 24.0 Å². The topological polar surface area (TPSA) is 64.3 Å². The Morgan fingerprint density at radius 1 is 1.44 bits per heavy atom. The zero-order valence-electron chi connectivity index (χ0n) is 8.85. The molecule has 0 aromatic rings. The second-order valence-corrected chi connectivity index (χ2v) is 4.35. The first-order valence-electron chi connectivity index (χ1n) is 5.54. The number of carbonyl (C=O) groups is 1. The van der Waals surface area contributed by atoms with Gasteiger partial charge in [-0.3, -0.25) is 4.79 Å². The summed E-state index contributed by atoms with van der Waals surface area (Å²) in [5, 5.41) is 2.91. The van der Waals surface area contributed by atoms with Gasteiger partial charge in [0.1, 0.15) is 11.9 Å². The van der Waals surface area contributed by atoms with Crippen LogP contribution < -0.4 is 11.1 Å². The Hall–Kier alpha value is -1.55. The minimum Gasteiger partial charge on any atom is -0.492 e. The predicted octanol–water partition coefficient (Wildman–Crippen LogP) is 0.229. The minimum atomic E-state index is -0.0386. The summed E-state index contributed by atoms with van der Waals surface area (Å²) in [5.74, 6) is 1.09. The van der Waals surface area contributed by atoms with Gasteiger partial charge in [0.05, 0.1) is 12.0 Å². The quantitative estimate of drug-likeness (QED) is 0.662. The Morgan fingerprint density at radius 3 is 3.12 bits per heavy atom. The van der Waals surface area contributed by atoms with Crippen molar-refractivity contribution in [3.63, 3.8) is 0 Å². The minimum absolute atomic E-state index is 0.0350. The number of allylic oxidation sites excluding steroid dienone is 1. The monoisotopic (exact) mass is 218 g/mol. The van der Waals surface area contributed by atoms with Crippen molar-refractivity contribution in [2.45, 2.75) is 18.6 Å². The smallest absolute Gasteiger partial charge is 0.244 e. The first kappa shape index (κ1) is 9.66. The zero-order chi connectivity index (χ0) is 11.1. The lowest BCUT2D eigenvalue weighted by atomic mass is 9.87. The Kier molecular flexibility index (Phi) is 2.11. The summed E-state index contributed by atoms with van der Waals surface area (Å²) in [6, 6.07) is 0.0350. The van der Waals surface area contributed by atoms with Crippen molar-refractivity contribution in [2.24, 2.45) is 11.7 Å². The molecule has 0 fully saturated rings. The molecule has 4 heteroatoms. The first-order chi connectivity index (χ1) is 7.78. The van der Waals surface area contributed by atoms with Crippen LogP contribution in [0.4, 0.5) is 0 Å². The van der Waals surface area contributed by atoms with E-state index in [9.17, 15) is 4.79 Å². The second-order valence-electron chi connectivity index (χ2n) is 4.35. The van der Waals surface area contributed by atoms with Gasteiger partial charge in [-0.15, -0.1) is 0 Å². The number of ether oxygens (including phenoxy) is 1. The Bertz CT molecular complexity index is 423. The molecule has 0 saturated carbocycles. The Morgan fingerprint density at radius 2 is 2.31 bits per heavy atom. The van der Waals surface area contributed by atoms with Crippen LogP contribution in [-0.2, 0) is 9.53 Å². The molecule has 4 nitrogen and oxygen atoms in total. The summed E-state index contributed by atoms with van der Waals surface area (Å²) >= 11 is 0. The van der Waals surface area contributed by atoms with E-state index in [0.29, 0.717) is 6.54 Å². The van der Waals surface area contributed by atoms with Crippen molar-refractivity contribution in [1.29, 1.82) is 0 Å². The number of nitrogens with two attached hydrogens (primary N) is 1. The third-order valence-corrected chi connectivity index (χ3v) is 3.28. The molecule has 1 aliphatic carbocycles. The van der Waals surface area contributed by atoms with E-state index in [0.717, 1.165) is 12.2 Å². The number of fused-ring (bicyclic) bond motifs is 2. The van der Waals surface area contributed by atoms with Crippen molar-refractivity contribution in [2.75, 3.05) is 6.54 Å². The standard InChI is InChI=1S/C12H14N2O2/c13-6-8-5-7-1-3-10-9(12(7)16-8)2-4-11(15)14-10/h1-4,8-10H,5-6,13H2,(H,14,15). The normalized spacial score (nSPS) is 35.6. The molecule has 0 aromatic carbocycles. The van der Waals surface area contributed by atoms with E-state index < -0.39 is 0 Å². The maximum Gasteiger partial charge on any atom is 0.244 e. The van der Waals surface area contributed by atoms with Crippen LogP contribution in [0, 0.1) is 5.92 Å². The lowest BCUT2D eigenvalue weighted by Crippen LogP contribution is -2.42. The van der Waals surface area contributed by atoms with Crippen LogP contribution in [0.25, 0.3) is 0 Å². The number of carbonyl (C=O) groups excluding carboxylic acids is 1. The van der Waals surface area contributed by atoms with Gasteiger partial charge in [0.15, 0.2) is 0 Å². The molecule has 0 aromatic heterocycles. The molecule has 84 valence electrons. The number of rotatable bonds is 1. The van der Waals surface area contributed by atoms with Crippen LogP contribution in [0.1, 0.15) is 6.42 Å². The van der Waals surface area contributed by atoms with E-state index in [1.807, 2.05) is 18.2 Å². The van der Waals surface area contributed by atoms with Gasteiger partial charge in [0, 0.05) is 13.0 Å². The predicted molar refractivity (Wildman–Crippen MR) is 59.3 cm³/mol. The molecule has 16 heavy (non-hydrogen) atoms. The molecule has 1 amide bonds. The third-order valence-electron chi connectivity index (χ3n) is 3.28. The van der Waals surface area contributed by atoms with Gasteiger partial charge < -0.3 is 15.8 Å². The molecule has 0 radical (unpaired) electrons. The van der Waals surface area contributed by atoms with Crippen LogP contribution in [0.15, 0.2) is 35.6 Å². The summed E-state index contributed by atoms with van der Waals surface area (Å²) in [5.41, 5.74) is 6.83. The zero-order valence-corrected chi connectivity index (χ0v) is 8.85. The molecule has 3 N–H and O–H groups in total. The molecule has 2 heterocycles. The average molecular weight is 218 g/mol. The molecule has 0 bridgehead atoms. The van der Waals surface area contributed by atoms with Crippen molar-refractivity contribution in [3.05, 3.63) is 35.6 Å². The second kappa shape index (κ2) is 3.49. The summed E-state index contributed by atoms with van der Waals surface area (Å²) in [4.78, 5) is 11.2. The highest BCUT2D eigenvalue weighted by Gasteiger charge is 2.36. The molecule has 0 saturated heterocycles. The van der Waals surface area contributed by atoms with Gasteiger partial charge in [0.25, 0.3) is 0 Å². The molecule has 0 spiro atoms. The van der Waals surface area contributed by atoms with Crippen LogP contribution in [0.2, 0.25) is 0 Å². The fourth-order valence-corrected chi connectivity index (χ4v) is 2.47. The maximum atomic E-state index is 11.2. The van der Waals surface area contributed by atoms with Crippen molar-refractivity contribution >= 4 is 5.91 Å². The van der Waals surface area contributed by atoms with Gasteiger partial charge in [-0.05, 0) is 11.6 Å². The van der Waals surface area contributed by atoms with E-state index >= 15 is 0 Å². The lowest BCUT2D eigenvalue weighted by Gasteiger charge is -2.29. The van der Waals surface area contributed by atoms with Crippen LogP contribution in [-0.4, -0.2) is 24.6 Å². The number of hydrogen-bond acceptors (Lipinski definition) is 3. The number of nitrogens with one attached hydrogen (secondary N) is 1. The van der Waals surface area contributed by atoms with E-state index in [1.165, 1.54) is 5.57 Å². The van der Waals surface area contributed by atoms with E-state index in [2.05, 4.69) is 5.32 Å².